The quantitative estimate of drug-likeness (QED) is 0.659. The van der Waals surface area contributed by atoms with E-state index in [2.05, 4.69) is 0 Å². The van der Waals surface area contributed by atoms with E-state index in [4.69, 9.17) is 10.6 Å². The van der Waals surface area contributed by atoms with Gasteiger partial charge in [-0.2, -0.15) is 5.06 Å². The van der Waals surface area contributed by atoms with Gasteiger partial charge >= 0.3 is 0 Å². The van der Waals surface area contributed by atoms with Crippen LogP contribution in [0.2, 0.25) is 0 Å². The number of hydrogen-bond donors (Lipinski definition) is 2. The van der Waals surface area contributed by atoms with E-state index < -0.39 is 57.7 Å². The lowest BCUT2D eigenvalue weighted by Gasteiger charge is -2.42. The van der Waals surface area contributed by atoms with Crippen molar-refractivity contribution in [2.75, 3.05) is 6.54 Å². The Balaban J connectivity index is 1.60. The predicted octanol–water partition coefficient (Wildman–Crippen LogP) is 2.21. The van der Waals surface area contributed by atoms with Crippen LogP contribution in [0.5, 0.6) is 5.75 Å². The van der Waals surface area contributed by atoms with Crippen molar-refractivity contribution in [1.82, 2.24) is 14.5 Å². The first kappa shape index (κ1) is 24.3. The molecule has 2 fully saturated rings. The van der Waals surface area contributed by atoms with Gasteiger partial charge in [-0.25, -0.2) is 13.2 Å². The number of hydroxylamine groups is 2. The summed E-state index contributed by atoms with van der Waals surface area (Å²) in [5.74, 6) is -5.57. The maximum absolute atomic E-state index is 14.4. The first-order valence-corrected chi connectivity index (χ1v) is 11.6. The van der Waals surface area contributed by atoms with Crippen molar-refractivity contribution in [2.45, 2.75) is 63.4 Å². The van der Waals surface area contributed by atoms with Crippen molar-refractivity contribution >= 4 is 11.8 Å². The lowest BCUT2D eigenvalue weighted by molar-refractivity contribution is -0.226. The van der Waals surface area contributed by atoms with Crippen molar-refractivity contribution in [1.29, 1.82) is 0 Å². The number of pyridine rings is 1. The van der Waals surface area contributed by atoms with Gasteiger partial charge in [0, 0.05) is 42.5 Å². The minimum absolute atomic E-state index is 0.160. The maximum atomic E-state index is 14.4. The summed E-state index contributed by atoms with van der Waals surface area (Å²) < 4.78 is 43.5. The van der Waals surface area contributed by atoms with E-state index in [1.807, 2.05) is 13.8 Å². The summed E-state index contributed by atoms with van der Waals surface area (Å²) in [4.78, 5) is 45.6. The SMILES string of the molecule is C[C@@H]1C[C@]2(CC[C@H](C)N3C[C@H]2n2cc(C(N)=O)c(=O)c(O)c2C3=O)ON1Cc1c(F)cc(F)cc1F. The van der Waals surface area contributed by atoms with E-state index in [-0.39, 0.29) is 36.4 Å². The average Bonchev–Trinajstić information content (AvgIpc) is 3.06. The number of halogens is 3. The van der Waals surface area contributed by atoms with Crippen LogP contribution in [0.25, 0.3) is 0 Å². The third kappa shape index (κ3) is 3.58. The topological polar surface area (TPSA) is 118 Å². The van der Waals surface area contributed by atoms with Crippen LogP contribution in [0.1, 0.15) is 65.6 Å². The molecule has 3 aliphatic heterocycles. The molecule has 3 aliphatic rings. The highest BCUT2D eigenvalue weighted by Gasteiger charge is 2.55. The molecular weight excluding hydrogens is 481 g/mol. The van der Waals surface area contributed by atoms with Crippen molar-refractivity contribution in [3.63, 3.8) is 0 Å². The summed E-state index contributed by atoms with van der Waals surface area (Å²) in [5.41, 5.74) is 2.24. The lowest BCUT2D eigenvalue weighted by atomic mass is 9.84. The van der Waals surface area contributed by atoms with Crippen LogP contribution < -0.4 is 11.2 Å². The Morgan fingerprint density at radius 2 is 1.86 bits per heavy atom. The third-order valence-corrected chi connectivity index (χ3v) is 7.62. The Hall–Kier alpha value is -3.38. The van der Waals surface area contributed by atoms with Crippen LogP contribution in [0.4, 0.5) is 13.2 Å². The Morgan fingerprint density at radius 3 is 2.50 bits per heavy atom. The molecule has 0 unspecified atom stereocenters. The molecule has 1 aromatic carbocycles. The molecule has 2 aromatic rings. The number of rotatable bonds is 3. The number of carbonyl (C=O) groups is 2. The fourth-order valence-corrected chi connectivity index (χ4v) is 5.70. The monoisotopic (exact) mass is 506 g/mol. The van der Waals surface area contributed by atoms with E-state index in [0.29, 0.717) is 31.4 Å². The van der Waals surface area contributed by atoms with Gasteiger partial charge in [-0.15, -0.1) is 0 Å². The molecule has 1 spiro atoms. The Labute approximate surface area is 203 Å². The van der Waals surface area contributed by atoms with E-state index in [9.17, 15) is 32.7 Å². The highest BCUT2D eigenvalue weighted by molar-refractivity contribution is 5.99. The van der Waals surface area contributed by atoms with E-state index in [1.54, 1.807) is 4.90 Å². The van der Waals surface area contributed by atoms with Crippen LogP contribution in [-0.4, -0.2) is 55.7 Å². The van der Waals surface area contributed by atoms with Gasteiger partial charge < -0.3 is 20.3 Å². The minimum atomic E-state index is -1.05. The van der Waals surface area contributed by atoms with Gasteiger partial charge in [-0.3, -0.25) is 19.2 Å². The average molecular weight is 506 g/mol. The second-order valence-electron chi connectivity index (χ2n) is 9.83. The molecule has 5 rings (SSSR count). The largest absolute Gasteiger partial charge is 0.503 e. The van der Waals surface area contributed by atoms with Crippen LogP contribution in [0.3, 0.4) is 0 Å². The molecule has 3 N–H and O–H groups in total. The highest BCUT2D eigenvalue weighted by Crippen LogP contribution is 2.49. The zero-order valence-electron chi connectivity index (χ0n) is 19.6. The number of nitrogens with two attached hydrogens (primary N) is 1. The van der Waals surface area contributed by atoms with Gasteiger partial charge in [0.25, 0.3) is 11.8 Å². The van der Waals surface area contributed by atoms with Crippen LogP contribution in [-0.2, 0) is 11.4 Å². The number of aromatic nitrogens is 1. The van der Waals surface area contributed by atoms with Gasteiger partial charge in [0.15, 0.2) is 11.4 Å². The third-order valence-electron chi connectivity index (χ3n) is 7.62. The van der Waals surface area contributed by atoms with Crippen LogP contribution in [0, 0.1) is 17.5 Å². The molecule has 0 saturated carbocycles. The van der Waals surface area contributed by atoms with Gasteiger partial charge in [-0.1, -0.05) is 0 Å². The summed E-state index contributed by atoms with van der Waals surface area (Å²) in [6.07, 6.45) is 2.52. The molecule has 36 heavy (non-hydrogen) atoms. The normalized spacial score (nSPS) is 27.9. The number of carbonyl (C=O) groups excluding carboxylic acids is 2. The molecule has 4 heterocycles. The summed E-state index contributed by atoms with van der Waals surface area (Å²) in [6, 6.07) is -0.0183. The fraction of sp³-hybridized carbons (Fsp3) is 0.458. The number of fused-ring (bicyclic) bond motifs is 5. The number of hydrogen-bond acceptors (Lipinski definition) is 6. The molecule has 9 nitrogen and oxygen atoms in total. The van der Waals surface area contributed by atoms with E-state index >= 15 is 0 Å². The summed E-state index contributed by atoms with van der Waals surface area (Å²) in [7, 11) is 0. The van der Waals surface area contributed by atoms with Gasteiger partial charge in [0.05, 0.1) is 12.6 Å². The van der Waals surface area contributed by atoms with Crippen LogP contribution >= 0.6 is 0 Å². The number of benzene rings is 1. The first-order valence-electron chi connectivity index (χ1n) is 11.6. The van der Waals surface area contributed by atoms with Crippen molar-refractivity contribution in [2.24, 2.45) is 5.73 Å². The number of primary amides is 1. The molecule has 1 aromatic heterocycles. The zero-order valence-corrected chi connectivity index (χ0v) is 19.6. The Bertz CT molecular complexity index is 1320. The van der Waals surface area contributed by atoms with Gasteiger partial charge in [0.1, 0.15) is 28.6 Å². The standard InChI is InChI=1S/C24H25F3N4O5/c1-11-3-4-24(7-12(2)31(36-24)9-14-16(26)5-13(25)6-17(14)27)18-10-29(11)23(35)19-21(33)20(32)15(22(28)34)8-30(18)19/h5-6,8,11-12,18,33H,3-4,7,9-10H2,1-2H3,(H2,28,34)/t11-,12+,18+,24-/m0/s1. The molecule has 192 valence electrons. The van der Waals surface area contributed by atoms with E-state index in [1.165, 1.54) is 15.8 Å². The second kappa shape index (κ2) is 8.34. The van der Waals surface area contributed by atoms with Crippen molar-refractivity contribution in [3.8, 4) is 5.75 Å². The van der Waals surface area contributed by atoms with Crippen LogP contribution in [0.15, 0.2) is 23.1 Å². The Kier molecular flexibility index (Phi) is 5.63. The minimum Gasteiger partial charge on any atom is -0.503 e. The summed E-state index contributed by atoms with van der Waals surface area (Å²) in [6.45, 7) is 3.52. The number of aromatic hydroxyl groups is 1. The molecule has 0 aliphatic carbocycles. The zero-order chi connectivity index (χ0) is 26.1. The summed E-state index contributed by atoms with van der Waals surface area (Å²) in [5, 5.41) is 12.1. The highest BCUT2D eigenvalue weighted by atomic mass is 19.1. The molecule has 4 atom stereocenters. The van der Waals surface area contributed by atoms with Gasteiger partial charge in [-0.05, 0) is 33.1 Å². The lowest BCUT2D eigenvalue weighted by Crippen LogP contribution is -2.52. The smallest absolute Gasteiger partial charge is 0.274 e. The molecule has 12 heteroatoms. The number of nitrogens with zero attached hydrogens (tertiary/aromatic N) is 3. The predicted molar refractivity (Wildman–Crippen MR) is 119 cm³/mol. The molecular formula is C24H25F3N4O5. The number of amides is 2. The second-order valence-corrected chi connectivity index (χ2v) is 9.83. The molecule has 0 radical (unpaired) electrons. The fourth-order valence-electron chi connectivity index (χ4n) is 5.70. The molecule has 2 amide bonds. The maximum Gasteiger partial charge on any atom is 0.274 e. The van der Waals surface area contributed by atoms with Crippen molar-refractivity contribution in [3.05, 3.63) is 62.8 Å². The van der Waals surface area contributed by atoms with E-state index in [0.717, 1.165) is 0 Å². The molecule has 2 saturated heterocycles. The Morgan fingerprint density at radius 1 is 1.19 bits per heavy atom. The van der Waals surface area contributed by atoms with Gasteiger partial charge in [0.2, 0.25) is 5.43 Å². The summed E-state index contributed by atoms with van der Waals surface area (Å²) >= 11 is 0. The molecule has 2 bridgehead atoms. The van der Waals surface area contributed by atoms with Crippen molar-refractivity contribution < 1.29 is 32.7 Å². The first-order chi connectivity index (χ1) is 16.9.